The second kappa shape index (κ2) is 8.65. The predicted molar refractivity (Wildman–Crippen MR) is 110 cm³/mol. The minimum atomic E-state index is 0.185. The van der Waals surface area contributed by atoms with E-state index >= 15 is 0 Å². The molecule has 148 valence electrons. The maximum atomic E-state index is 12.8. The van der Waals surface area contributed by atoms with Crippen molar-refractivity contribution in [2.24, 2.45) is 0 Å². The van der Waals surface area contributed by atoms with Gasteiger partial charge in [0.25, 0.3) is 0 Å². The van der Waals surface area contributed by atoms with Crippen LogP contribution in [-0.4, -0.2) is 66.6 Å². The van der Waals surface area contributed by atoms with E-state index in [1.807, 2.05) is 29.2 Å². The summed E-state index contributed by atoms with van der Waals surface area (Å²) in [4.78, 5) is 19.4. The number of hydrogen-bond acceptors (Lipinski definition) is 3. The number of methoxy groups -OCH3 is 1. The van der Waals surface area contributed by atoms with Crippen LogP contribution in [0.1, 0.15) is 17.5 Å². The first-order chi connectivity index (χ1) is 13.7. The second-order valence-electron chi connectivity index (χ2n) is 7.75. The van der Waals surface area contributed by atoms with Crippen LogP contribution in [0.2, 0.25) is 0 Å². The van der Waals surface area contributed by atoms with Gasteiger partial charge in [-0.25, -0.2) is 4.79 Å². The second-order valence-corrected chi connectivity index (χ2v) is 7.75. The lowest BCUT2D eigenvalue weighted by Crippen LogP contribution is -2.52. The van der Waals surface area contributed by atoms with E-state index in [9.17, 15) is 4.79 Å². The summed E-state index contributed by atoms with van der Waals surface area (Å²) in [5.74, 6) is 0.847. The lowest BCUT2D eigenvalue weighted by Gasteiger charge is -2.36. The van der Waals surface area contributed by atoms with Gasteiger partial charge < -0.3 is 14.5 Å². The third-order valence-electron chi connectivity index (χ3n) is 5.83. The van der Waals surface area contributed by atoms with E-state index in [1.54, 1.807) is 7.11 Å². The van der Waals surface area contributed by atoms with Crippen molar-refractivity contribution in [1.29, 1.82) is 0 Å². The number of fused-ring (bicyclic) bond motifs is 1. The smallest absolute Gasteiger partial charge is 0.320 e. The van der Waals surface area contributed by atoms with Crippen LogP contribution in [0.4, 0.5) is 4.79 Å². The predicted octanol–water partition coefficient (Wildman–Crippen LogP) is 3.25. The molecule has 1 unspecified atom stereocenters. The molecule has 1 atom stereocenters. The number of carbonyl (C=O) groups is 1. The maximum Gasteiger partial charge on any atom is 0.320 e. The van der Waals surface area contributed by atoms with E-state index in [2.05, 4.69) is 40.1 Å². The Balaban J connectivity index is 1.27. The van der Waals surface area contributed by atoms with Crippen LogP contribution >= 0.6 is 0 Å². The summed E-state index contributed by atoms with van der Waals surface area (Å²) >= 11 is 0. The molecule has 0 N–H and O–H groups in total. The summed E-state index contributed by atoms with van der Waals surface area (Å²) in [7, 11) is 1.67. The summed E-state index contributed by atoms with van der Waals surface area (Å²) in [5.41, 5.74) is 2.55. The number of aryl methyl sites for hydroxylation is 1. The topological polar surface area (TPSA) is 36.0 Å². The van der Waals surface area contributed by atoms with E-state index in [0.29, 0.717) is 12.6 Å². The van der Waals surface area contributed by atoms with Gasteiger partial charge in [-0.3, -0.25) is 4.90 Å². The van der Waals surface area contributed by atoms with Crippen LogP contribution < -0.4 is 4.74 Å². The highest BCUT2D eigenvalue weighted by Gasteiger charge is 2.40. The molecule has 2 saturated heterocycles. The monoisotopic (exact) mass is 379 g/mol. The number of benzene rings is 2. The van der Waals surface area contributed by atoms with Gasteiger partial charge in [0.2, 0.25) is 0 Å². The van der Waals surface area contributed by atoms with Crippen LogP contribution in [0.25, 0.3) is 0 Å². The molecule has 0 bridgehead atoms. The SMILES string of the molecule is COc1ccc(CN2CC3CN(CCCc4ccccc4)CCN3C2=O)cc1. The fourth-order valence-corrected chi connectivity index (χ4v) is 4.28. The van der Waals surface area contributed by atoms with Crippen LogP contribution in [0.3, 0.4) is 0 Å². The summed E-state index contributed by atoms with van der Waals surface area (Å²) in [6.07, 6.45) is 2.29. The van der Waals surface area contributed by atoms with Crippen molar-refractivity contribution in [1.82, 2.24) is 14.7 Å². The van der Waals surface area contributed by atoms with E-state index in [4.69, 9.17) is 4.74 Å². The minimum Gasteiger partial charge on any atom is -0.497 e. The Morgan fingerprint density at radius 1 is 0.964 bits per heavy atom. The molecule has 0 aromatic heterocycles. The first kappa shape index (κ1) is 18.8. The van der Waals surface area contributed by atoms with Crippen molar-refractivity contribution >= 4 is 6.03 Å². The molecule has 2 aliphatic rings. The van der Waals surface area contributed by atoms with Crippen molar-refractivity contribution in [3.63, 3.8) is 0 Å². The lowest BCUT2D eigenvalue weighted by atomic mass is 10.1. The summed E-state index contributed by atoms with van der Waals surface area (Å²) in [6, 6.07) is 19.2. The van der Waals surface area contributed by atoms with Crippen molar-refractivity contribution in [2.75, 3.05) is 39.8 Å². The molecule has 5 nitrogen and oxygen atoms in total. The van der Waals surface area contributed by atoms with Crippen LogP contribution in [0.15, 0.2) is 54.6 Å². The Hall–Kier alpha value is -2.53. The van der Waals surface area contributed by atoms with Gasteiger partial charge in [0.15, 0.2) is 0 Å². The molecule has 0 radical (unpaired) electrons. The zero-order valence-corrected chi connectivity index (χ0v) is 16.6. The molecular weight excluding hydrogens is 350 g/mol. The molecule has 0 saturated carbocycles. The molecule has 0 aliphatic carbocycles. The molecule has 2 aliphatic heterocycles. The van der Waals surface area contributed by atoms with E-state index in [0.717, 1.165) is 50.5 Å². The average molecular weight is 380 g/mol. The largest absolute Gasteiger partial charge is 0.497 e. The molecule has 2 fully saturated rings. The molecule has 2 amide bonds. The van der Waals surface area contributed by atoms with Gasteiger partial charge in [-0.2, -0.15) is 0 Å². The van der Waals surface area contributed by atoms with Crippen molar-refractivity contribution in [2.45, 2.75) is 25.4 Å². The molecule has 2 aromatic carbocycles. The molecular formula is C23H29N3O2. The number of rotatable bonds is 7. The Morgan fingerprint density at radius 2 is 1.75 bits per heavy atom. The maximum absolute atomic E-state index is 12.8. The fourth-order valence-electron chi connectivity index (χ4n) is 4.28. The van der Waals surface area contributed by atoms with Crippen LogP contribution in [0, 0.1) is 0 Å². The Bertz CT molecular complexity index is 778. The Morgan fingerprint density at radius 3 is 2.50 bits per heavy atom. The number of nitrogens with zero attached hydrogens (tertiary/aromatic N) is 3. The standard InChI is InChI=1S/C23H29N3O2/c1-28-22-11-9-20(10-12-22)16-25-18-21-17-24(14-15-26(21)23(25)27)13-5-8-19-6-3-2-4-7-19/h2-4,6-7,9-12,21H,5,8,13-18H2,1H3. The van der Waals surface area contributed by atoms with Gasteiger partial charge in [-0.15, -0.1) is 0 Å². The van der Waals surface area contributed by atoms with Crippen molar-refractivity contribution in [3.8, 4) is 5.75 Å². The number of hydrogen-bond donors (Lipinski definition) is 0. The number of piperazine rings is 1. The van der Waals surface area contributed by atoms with Gasteiger partial charge in [0.1, 0.15) is 5.75 Å². The quantitative estimate of drug-likeness (QED) is 0.741. The molecule has 4 rings (SSSR count). The van der Waals surface area contributed by atoms with Crippen LogP contribution in [0.5, 0.6) is 5.75 Å². The Kier molecular flexibility index (Phi) is 5.81. The Labute approximate surface area is 167 Å². The molecule has 2 aromatic rings. The van der Waals surface area contributed by atoms with E-state index in [-0.39, 0.29) is 6.03 Å². The third kappa shape index (κ3) is 4.30. The number of urea groups is 1. The highest BCUT2D eigenvalue weighted by molar-refractivity contribution is 5.77. The molecule has 28 heavy (non-hydrogen) atoms. The van der Waals surface area contributed by atoms with E-state index < -0.39 is 0 Å². The molecule has 2 heterocycles. The number of carbonyl (C=O) groups excluding carboxylic acids is 1. The minimum absolute atomic E-state index is 0.185. The van der Waals surface area contributed by atoms with Crippen molar-refractivity contribution in [3.05, 3.63) is 65.7 Å². The first-order valence-corrected chi connectivity index (χ1v) is 10.2. The zero-order chi connectivity index (χ0) is 19.3. The number of amides is 2. The van der Waals surface area contributed by atoms with Gasteiger partial charge in [-0.05, 0) is 42.6 Å². The number of ether oxygens (including phenoxy) is 1. The van der Waals surface area contributed by atoms with Gasteiger partial charge in [0.05, 0.1) is 13.2 Å². The molecule has 0 spiro atoms. The summed E-state index contributed by atoms with van der Waals surface area (Å²) < 4.78 is 5.22. The average Bonchev–Trinajstić information content (AvgIpc) is 3.04. The van der Waals surface area contributed by atoms with E-state index in [1.165, 1.54) is 12.0 Å². The van der Waals surface area contributed by atoms with Gasteiger partial charge >= 0.3 is 6.03 Å². The third-order valence-corrected chi connectivity index (χ3v) is 5.83. The summed E-state index contributed by atoms with van der Waals surface area (Å²) in [5, 5.41) is 0. The lowest BCUT2D eigenvalue weighted by molar-refractivity contribution is 0.120. The van der Waals surface area contributed by atoms with Crippen LogP contribution in [-0.2, 0) is 13.0 Å². The summed E-state index contributed by atoms with van der Waals surface area (Å²) in [6.45, 7) is 5.40. The first-order valence-electron chi connectivity index (χ1n) is 10.2. The van der Waals surface area contributed by atoms with Gasteiger partial charge in [-0.1, -0.05) is 42.5 Å². The van der Waals surface area contributed by atoms with Gasteiger partial charge in [0, 0.05) is 32.7 Å². The van der Waals surface area contributed by atoms with Crippen molar-refractivity contribution < 1.29 is 9.53 Å². The highest BCUT2D eigenvalue weighted by Crippen LogP contribution is 2.23. The fraction of sp³-hybridized carbons (Fsp3) is 0.435. The zero-order valence-electron chi connectivity index (χ0n) is 16.6. The molecule has 5 heteroatoms. The highest BCUT2D eigenvalue weighted by atomic mass is 16.5. The normalized spacial score (nSPS) is 19.8.